The quantitative estimate of drug-likeness (QED) is 0.848. The van der Waals surface area contributed by atoms with Crippen LogP contribution in [-0.2, 0) is 9.59 Å². The first-order chi connectivity index (χ1) is 8.49. The largest absolute Gasteiger partial charge is 0.481 e. The van der Waals surface area contributed by atoms with Crippen molar-refractivity contribution in [3.63, 3.8) is 0 Å². The number of benzene rings is 1. The normalized spacial score (nSPS) is 11.9. The Labute approximate surface area is 115 Å². The molecule has 2 N–H and O–H groups in total. The van der Waals surface area contributed by atoms with Crippen LogP contribution in [0.4, 0.5) is 0 Å². The molecule has 98 valence electrons. The van der Waals surface area contributed by atoms with E-state index in [4.69, 9.17) is 5.11 Å². The third kappa shape index (κ3) is 5.31. The van der Waals surface area contributed by atoms with Crippen LogP contribution in [0.25, 0.3) is 0 Å². The number of rotatable bonds is 6. The Hall–Kier alpha value is -1.36. The fraction of sp³-hybridized carbons (Fsp3) is 0.385. The fourth-order valence-corrected chi connectivity index (χ4v) is 1.81. The number of aliphatic carboxylic acids is 1. The van der Waals surface area contributed by atoms with Gasteiger partial charge in [0.2, 0.25) is 5.91 Å². The summed E-state index contributed by atoms with van der Waals surface area (Å²) in [5, 5.41) is 11.3. The summed E-state index contributed by atoms with van der Waals surface area (Å²) in [5.41, 5.74) is 1.02. The highest BCUT2D eigenvalue weighted by molar-refractivity contribution is 9.10. The van der Waals surface area contributed by atoms with Crippen LogP contribution in [0.3, 0.4) is 0 Å². The lowest BCUT2D eigenvalue weighted by Gasteiger charge is -2.14. The average Bonchev–Trinajstić information content (AvgIpc) is 2.29. The second kappa shape index (κ2) is 7.16. The molecule has 1 amide bonds. The Morgan fingerprint density at radius 2 is 1.89 bits per heavy atom. The molecule has 1 aromatic carbocycles. The molecule has 0 aliphatic rings. The van der Waals surface area contributed by atoms with Crippen molar-refractivity contribution < 1.29 is 14.7 Å². The fourth-order valence-electron chi connectivity index (χ4n) is 1.55. The monoisotopic (exact) mass is 313 g/mol. The molecular weight excluding hydrogens is 298 g/mol. The van der Waals surface area contributed by atoms with E-state index >= 15 is 0 Å². The lowest BCUT2D eigenvalue weighted by Crippen LogP contribution is -2.26. The van der Waals surface area contributed by atoms with Crippen LogP contribution >= 0.6 is 15.9 Å². The average molecular weight is 314 g/mol. The summed E-state index contributed by atoms with van der Waals surface area (Å²) in [7, 11) is 0. The molecule has 0 aliphatic heterocycles. The van der Waals surface area contributed by atoms with E-state index in [0.29, 0.717) is 6.42 Å². The van der Waals surface area contributed by atoms with Gasteiger partial charge in [-0.15, -0.1) is 0 Å². The van der Waals surface area contributed by atoms with Gasteiger partial charge in [-0.25, -0.2) is 0 Å². The smallest absolute Gasteiger partial charge is 0.303 e. The minimum atomic E-state index is -0.872. The van der Waals surface area contributed by atoms with E-state index in [2.05, 4.69) is 21.2 Å². The van der Waals surface area contributed by atoms with Gasteiger partial charge in [-0.2, -0.15) is 0 Å². The molecule has 0 fully saturated rings. The van der Waals surface area contributed by atoms with Crippen LogP contribution in [-0.4, -0.2) is 17.0 Å². The van der Waals surface area contributed by atoms with Crippen LogP contribution in [0.2, 0.25) is 0 Å². The number of halogens is 1. The van der Waals surface area contributed by atoms with Gasteiger partial charge in [0.05, 0.1) is 6.04 Å². The minimum absolute atomic E-state index is 0.0279. The maximum absolute atomic E-state index is 11.6. The standard InChI is InChI=1S/C13H16BrNO3/c1-9(10-5-7-11(14)8-6-10)15-12(16)3-2-4-13(17)18/h5-9H,2-4H2,1H3,(H,15,16)(H,17,18). The van der Waals surface area contributed by atoms with Gasteiger partial charge in [0.15, 0.2) is 0 Å². The highest BCUT2D eigenvalue weighted by Crippen LogP contribution is 2.16. The van der Waals surface area contributed by atoms with Gasteiger partial charge in [0.25, 0.3) is 0 Å². The van der Waals surface area contributed by atoms with Crippen molar-refractivity contribution in [1.82, 2.24) is 5.32 Å². The van der Waals surface area contributed by atoms with Gasteiger partial charge in [-0.3, -0.25) is 9.59 Å². The molecule has 0 aliphatic carbocycles. The number of amides is 1. The molecule has 0 saturated heterocycles. The van der Waals surface area contributed by atoms with Crippen LogP contribution in [0.5, 0.6) is 0 Å². The van der Waals surface area contributed by atoms with E-state index in [1.165, 1.54) is 0 Å². The molecule has 4 nitrogen and oxygen atoms in total. The molecule has 0 saturated carbocycles. The second-order valence-electron chi connectivity index (χ2n) is 4.09. The number of carbonyl (C=O) groups excluding carboxylic acids is 1. The second-order valence-corrected chi connectivity index (χ2v) is 5.00. The minimum Gasteiger partial charge on any atom is -0.481 e. The number of carboxylic acid groups (broad SMARTS) is 1. The van der Waals surface area contributed by atoms with Crippen molar-refractivity contribution in [2.45, 2.75) is 32.2 Å². The maximum Gasteiger partial charge on any atom is 0.303 e. The highest BCUT2D eigenvalue weighted by atomic mass is 79.9. The highest BCUT2D eigenvalue weighted by Gasteiger charge is 2.09. The predicted octanol–water partition coefficient (Wildman–Crippen LogP) is 2.88. The molecule has 1 aromatic rings. The van der Waals surface area contributed by atoms with Crippen LogP contribution in [0, 0.1) is 0 Å². The van der Waals surface area contributed by atoms with E-state index in [1.54, 1.807) is 0 Å². The lowest BCUT2D eigenvalue weighted by atomic mass is 10.1. The predicted molar refractivity (Wildman–Crippen MR) is 72.2 cm³/mol. The summed E-state index contributed by atoms with van der Waals surface area (Å²) < 4.78 is 0.992. The van der Waals surface area contributed by atoms with Gasteiger partial charge in [0, 0.05) is 17.3 Å². The SMILES string of the molecule is CC(NC(=O)CCCC(=O)O)c1ccc(Br)cc1. The van der Waals surface area contributed by atoms with Crippen molar-refractivity contribution in [1.29, 1.82) is 0 Å². The molecule has 1 rings (SSSR count). The Bertz CT molecular complexity index is 417. The van der Waals surface area contributed by atoms with Crippen molar-refractivity contribution in [3.8, 4) is 0 Å². The number of hydrogen-bond acceptors (Lipinski definition) is 2. The van der Waals surface area contributed by atoms with Crippen molar-refractivity contribution in [2.75, 3.05) is 0 Å². The first-order valence-electron chi connectivity index (χ1n) is 5.75. The third-order valence-electron chi connectivity index (χ3n) is 2.54. The van der Waals surface area contributed by atoms with Crippen LogP contribution in [0.15, 0.2) is 28.7 Å². The zero-order valence-electron chi connectivity index (χ0n) is 10.1. The first kappa shape index (κ1) is 14.7. The summed E-state index contributed by atoms with van der Waals surface area (Å²) in [5.74, 6) is -0.990. The van der Waals surface area contributed by atoms with E-state index < -0.39 is 5.97 Å². The van der Waals surface area contributed by atoms with Crippen LogP contribution in [0.1, 0.15) is 37.8 Å². The van der Waals surface area contributed by atoms with Gasteiger partial charge < -0.3 is 10.4 Å². The Balaban J connectivity index is 2.39. The number of carboxylic acids is 1. The Morgan fingerprint density at radius 3 is 2.44 bits per heavy atom. The maximum atomic E-state index is 11.6. The molecule has 0 heterocycles. The van der Waals surface area contributed by atoms with Gasteiger partial charge in [0.1, 0.15) is 0 Å². The van der Waals surface area contributed by atoms with E-state index in [0.717, 1.165) is 10.0 Å². The summed E-state index contributed by atoms with van der Waals surface area (Å²) >= 11 is 3.35. The summed E-state index contributed by atoms with van der Waals surface area (Å²) in [6, 6.07) is 7.64. The van der Waals surface area contributed by atoms with Crippen molar-refractivity contribution >= 4 is 27.8 Å². The topological polar surface area (TPSA) is 66.4 Å². The number of nitrogens with one attached hydrogen (secondary N) is 1. The summed E-state index contributed by atoms with van der Waals surface area (Å²) in [6.45, 7) is 1.90. The molecule has 0 radical (unpaired) electrons. The first-order valence-corrected chi connectivity index (χ1v) is 6.55. The van der Waals surface area contributed by atoms with Crippen LogP contribution < -0.4 is 5.32 Å². The van der Waals surface area contributed by atoms with E-state index in [1.807, 2.05) is 31.2 Å². The van der Waals surface area contributed by atoms with Gasteiger partial charge in [-0.1, -0.05) is 28.1 Å². The molecule has 0 aromatic heterocycles. The molecule has 0 spiro atoms. The third-order valence-corrected chi connectivity index (χ3v) is 3.07. The zero-order valence-corrected chi connectivity index (χ0v) is 11.7. The number of carbonyl (C=O) groups is 2. The summed E-state index contributed by atoms with van der Waals surface area (Å²) in [4.78, 5) is 21.9. The molecule has 1 unspecified atom stereocenters. The molecule has 0 bridgehead atoms. The van der Waals surface area contributed by atoms with Crippen molar-refractivity contribution in [2.24, 2.45) is 0 Å². The van der Waals surface area contributed by atoms with Crippen molar-refractivity contribution in [3.05, 3.63) is 34.3 Å². The number of hydrogen-bond donors (Lipinski definition) is 2. The van der Waals surface area contributed by atoms with E-state index in [-0.39, 0.29) is 24.8 Å². The van der Waals surface area contributed by atoms with E-state index in [9.17, 15) is 9.59 Å². The molecule has 1 atom stereocenters. The zero-order chi connectivity index (χ0) is 13.5. The summed E-state index contributed by atoms with van der Waals surface area (Å²) in [6.07, 6.45) is 0.640. The van der Waals surface area contributed by atoms with Gasteiger partial charge >= 0.3 is 5.97 Å². The molecule has 5 heteroatoms. The lowest BCUT2D eigenvalue weighted by molar-refractivity contribution is -0.137. The Morgan fingerprint density at radius 1 is 1.28 bits per heavy atom. The van der Waals surface area contributed by atoms with Gasteiger partial charge in [-0.05, 0) is 31.0 Å². The Kier molecular flexibility index (Phi) is 5.85. The molecule has 18 heavy (non-hydrogen) atoms. The molecular formula is C13H16BrNO3.